The van der Waals surface area contributed by atoms with Crippen LogP contribution in [0.3, 0.4) is 0 Å². The van der Waals surface area contributed by atoms with Crippen molar-refractivity contribution < 1.29 is 23.9 Å². The molecule has 7 nitrogen and oxygen atoms in total. The van der Waals surface area contributed by atoms with Crippen molar-refractivity contribution in [3.8, 4) is 0 Å². The van der Waals surface area contributed by atoms with E-state index in [0.717, 1.165) is 5.01 Å². The third-order valence-corrected chi connectivity index (χ3v) is 2.47. The first kappa shape index (κ1) is 19.5. The van der Waals surface area contributed by atoms with Crippen LogP contribution in [0.2, 0.25) is 0 Å². The van der Waals surface area contributed by atoms with Crippen LogP contribution in [-0.4, -0.2) is 29.7 Å². The average Bonchev–Trinajstić information content (AvgIpc) is 2.41. The zero-order valence-electron chi connectivity index (χ0n) is 14.9. The molecule has 1 aromatic rings. The first-order valence-corrected chi connectivity index (χ1v) is 7.49. The Bertz CT molecular complexity index is 597. The number of nitrogens with one attached hydrogen (secondary N) is 1. The summed E-state index contributed by atoms with van der Waals surface area (Å²) in [4.78, 5) is 35.1. The summed E-state index contributed by atoms with van der Waals surface area (Å²) in [6.45, 7) is 10.3. The van der Waals surface area contributed by atoms with E-state index >= 15 is 0 Å². The topological polar surface area (TPSA) is 84.9 Å². The number of nitrogens with zero attached hydrogens (tertiary/aromatic N) is 1. The summed E-state index contributed by atoms with van der Waals surface area (Å²) in [5, 5.41) is 0.938. The van der Waals surface area contributed by atoms with Crippen LogP contribution in [0.25, 0.3) is 0 Å². The number of anilines is 1. The Morgan fingerprint density at radius 2 is 1.46 bits per heavy atom. The Hall–Kier alpha value is -2.57. The van der Waals surface area contributed by atoms with Gasteiger partial charge in [0.15, 0.2) is 0 Å². The molecule has 24 heavy (non-hydrogen) atoms. The molecule has 1 aromatic carbocycles. The molecule has 0 bridgehead atoms. The summed E-state index contributed by atoms with van der Waals surface area (Å²) in [7, 11) is 0. The minimum absolute atomic E-state index is 0.334. The molecule has 0 fully saturated rings. The van der Waals surface area contributed by atoms with Crippen molar-refractivity contribution in [1.82, 2.24) is 5.43 Å². The summed E-state index contributed by atoms with van der Waals surface area (Å²) < 4.78 is 10.4. The van der Waals surface area contributed by atoms with Gasteiger partial charge < -0.3 is 9.47 Å². The fraction of sp³-hybridized carbons (Fsp3) is 0.471. The predicted molar refractivity (Wildman–Crippen MR) is 89.9 cm³/mol. The van der Waals surface area contributed by atoms with Crippen molar-refractivity contribution >= 4 is 24.2 Å². The van der Waals surface area contributed by atoms with E-state index in [9.17, 15) is 14.4 Å². The molecule has 132 valence electrons. The molecule has 0 aliphatic heterocycles. The van der Waals surface area contributed by atoms with Gasteiger partial charge in [0.1, 0.15) is 17.5 Å². The number of benzene rings is 1. The Balaban J connectivity index is 3.04. The first-order chi connectivity index (χ1) is 10.9. The Morgan fingerprint density at radius 1 is 0.958 bits per heavy atom. The van der Waals surface area contributed by atoms with Gasteiger partial charge in [0.2, 0.25) is 0 Å². The molecule has 1 N–H and O–H groups in total. The molecule has 0 heterocycles. The van der Waals surface area contributed by atoms with Gasteiger partial charge in [-0.1, -0.05) is 0 Å². The van der Waals surface area contributed by atoms with Gasteiger partial charge in [-0.3, -0.25) is 4.79 Å². The molecule has 2 amide bonds. The van der Waals surface area contributed by atoms with Crippen molar-refractivity contribution in [2.75, 3.05) is 5.01 Å². The van der Waals surface area contributed by atoms with Crippen LogP contribution < -0.4 is 10.4 Å². The number of hydrogen-bond acceptors (Lipinski definition) is 5. The number of amides is 2. The third-order valence-electron chi connectivity index (χ3n) is 2.47. The SMILES string of the molecule is CC(C)(C)OC(=O)NN(C(=O)OC(C)(C)C)c1ccc(C=O)cc1. The molecule has 0 saturated heterocycles. The van der Waals surface area contributed by atoms with E-state index in [4.69, 9.17) is 9.47 Å². The van der Waals surface area contributed by atoms with E-state index < -0.39 is 23.4 Å². The number of carbonyl (C=O) groups is 3. The average molecular weight is 336 g/mol. The van der Waals surface area contributed by atoms with Crippen LogP contribution in [0.5, 0.6) is 0 Å². The number of ether oxygens (including phenoxy) is 2. The zero-order chi connectivity index (χ0) is 18.5. The van der Waals surface area contributed by atoms with E-state index in [2.05, 4.69) is 5.43 Å². The monoisotopic (exact) mass is 336 g/mol. The van der Waals surface area contributed by atoms with Crippen LogP contribution in [0.1, 0.15) is 51.9 Å². The quantitative estimate of drug-likeness (QED) is 0.658. The smallest absolute Gasteiger partial charge is 0.434 e. The van der Waals surface area contributed by atoms with Gasteiger partial charge in [0.05, 0.1) is 5.69 Å². The van der Waals surface area contributed by atoms with Crippen molar-refractivity contribution in [3.63, 3.8) is 0 Å². The van der Waals surface area contributed by atoms with Crippen molar-refractivity contribution in [1.29, 1.82) is 0 Å². The van der Waals surface area contributed by atoms with Gasteiger partial charge in [-0.2, -0.15) is 5.01 Å². The Kier molecular flexibility index (Phi) is 5.95. The molecule has 0 saturated carbocycles. The molecule has 0 radical (unpaired) electrons. The summed E-state index contributed by atoms with van der Waals surface area (Å²) in [6, 6.07) is 6.09. The predicted octanol–water partition coefficient (Wildman–Crippen LogP) is 3.68. The zero-order valence-corrected chi connectivity index (χ0v) is 14.9. The second-order valence-corrected chi connectivity index (χ2v) is 7.14. The minimum atomic E-state index is -0.798. The van der Waals surface area contributed by atoms with Crippen LogP contribution in [0.15, 0.2) is 24.3 Å². The molecule has 1 rings (SSSR count). The third kappa shape index (κ3) is 6.68. The highest BCUT2D eigenvalue weighted by Crippen LogP contribution is 2.18. The molecular formula is C17H24N2O5. The van der Waals surface area contributed by atoms with Gasteiger partial charge in [0.25, 0.3) is 0 Å². The lowest BCUT2D eigenvalue weighted by atomic mass is 10.2. The fourth-order valence-electron chi connectivity index (χ4n) is 1.62. The molecule has 0 atom stereocenters. The van der Waals surface area contributed by atoms with Gasteiger partial charge in [-0.05, 0) is 65.8 Å². The van der Waals surface area contributed by atoms with Gasteiger partial charge in [0, 0.05) is 5.56 Å². The van der Waals surface area contributed by atoms with Crippen molar-refractivity contribution in [3.05, 3.63) is 29.8 Å². The molecule has 0 spiro atoms. The number of aldehydes is 1. The lowest BCUT2D eigenvalue weighted by molar-refractivity contribution is 0.0425. The highest BCUT2D eigenvalue weighted by Gasteiger charge is 2.27. The highest BCUT2D eigenvalue weighted by atomic mass is 16.6. The van der Waals surface area contributed by atoms with Crippen molar-refractivity contribution in [2.24, 2.45) is 0 Å². The normalized spacial score (nSPS) is 11.4. The van der Waals surface area contributed by atoms with Gasteiger partial charge >= 0.3 is 12.2 Å². The number of carbonyl (C=O) groups excluding carboxylic acids is 3. The molecule has 0 unspecified atom stereocenters. The molecular weight excluding hydrogens is 312 g/mol. The minimum Gasteiger partial charge on any atom is -0.443 e. The van der Waals surface area contributed by atoms with Crippen LogP contribution in [0, 0.1) is 0 Å². The molecule has 0 aliphatic carbocycles. The lowest BCUT2D eigenvalue weighted by Crippen LogP contribution is -2.50. The first-order valence-electron chi connectivity index (χ1n) is 7.49. The maximum absolute atomic E-state index is 12.4. The largest absolute Gasteiger partial charge is 0.443 e. The summed E-state index contributed by atoms with van der Waals surface area (Å²) >= 11 is 0. The fourth-order valence-corrected chi connectivity index (χ4v) is 1.62. The van der Waals surface area contributed by atoms with E-state index in [1.165, 1.54) is 24.3 Å². The van der Waals surface area contributed by atoms with Crippen LogP contribution in [-0.2, 0) is 9.47 Å². The Labute approximate surface area is 141 Å². The second kappa shape index (κ2) is 7.33. The Morgan fingerprint density at radius 3 is 1.88 bits per heavy atom. The van der Waals surface area contributed by atoms with E-state index in [1.54, 1.807) is 41.5 Å². The molecule has 0 aromatic heterocycles. The standard InChI is InChI=1S/C17H24N2O5/c1-16(2,3)23-14(21)18-19(15(22)24-17(4,5)6)13-9-7-12(11-20)8-10-13/h7-11H,1-6H3,(H,18,21). The van der Waals surface area contributed by atoms with Crippen LogP contribution >= 0.6 is 0 Å². The summed E-state index contributed by atoms with van der Waals surface area (Å²) in [6.07, 6.45) is -0.886. The van der Waals surface area contributed by atoms with Gasteiger partial charge in [-0.25, -0.2) is 15.0 Å². The van der Waals surface area contributed by atoms with E-state index in [-0.39, 0.29) is 0 Å². The molecule has 0 aliphatic rings. The second-order valence-electron chi connectivity index (χ2n) is 7.14. The van der Waals surface area contributed by atoms with Crippen LogP contribution in [0.4, 0.5) is 15.3 Å². The number of hydrazine groups is 1. The number of hydrogen-bond donors (Lipinski definition) is 1. The van der Waals surface area contributed by atoms with Gasteiger partial charge in [-0.15, -0.1) is 0 Å². The maximum Gasteiger partial charge on any atom is 0.434 e. The summed E-state index contributed by atoms with van der Waals surface area (Å²) in [5.41, 5.74) is 1.68. The van der Waals surface area contributed by atoms with Crippen molar-refractivity contribution in [2.45, 2.75) is 52.7 Å². The number of rotatable bonds is 2. The summed E-state index contributed by atoms with van der Waals surface area (Å²) in [5.74, 6) is 0. The van der Waals surface area contributed by atoms with E-state index in [1.807, 2.05) is 0 Å². The highest BCUT2D eigenvalue weighted by molar-refractivity contribution is 5.91. The molecule has 7 heteroatoms. The lowest BCUT2D eigenvalue weighted by Gasteiger charge is -2.28. The maximum atomic E-state index is 12.4. The van der Waals surface area contributed by atoms with E-state index in [0.29, 0.717) is 17.5 Å².